The predicted octanol–water partition coefficient (Wildman–Crippen LogP) is 0.692. The second kappa shape index (κ2) is 6.95. The summed E-state index contributed by atoms with van der Waals surface area (Å²) in [5.74, 6) is 0.120. The minimum absolute atomic E-state index is 0.120. The monoisotopic (exact) mass is 221 g/mol. The highest BCUT2D eigenvalue weighted by molar-refractivity contribution is 5.77. The van der Waals surface area contributed by atoms with Gasteiger partial charge in [-0.2, -0.15) is 0 Å². The molecular weight excluding hydrogens is 202 g/mol. The summed E-state index contributed by atoms with van der Waals surface area (Å²) in [6.07, 6.45) is 3.07. The molecule has 0 atom stereocenters. The summed E-state index contributed by atoms with van der Waals surface area (Å²) >= 11 is 0. The molecule has 1 rings (SSSR count). The Kier molecular flexibility index (Phi) is 5.50. The van der Waals surface area contributed by atoms with Gasteiger partial charge in [-0.25, -0.2) is 0 Å². The Balaban J connectivity index is 2.34. The van der Waals surface area contributed by atoms with Gasteiger partial charge in [-0.05, 0) is 32.1 Å². The van der Waals surface area contributed by atoms with E-state index in [9.17, 15) is 4.79 Å². The fourth-order valence-corrected chi connectivity index (χ4v) is 1.41. The summed E-state index contributed by atoms with van der Waals surface area (Å²) in [4.78, 5) is 17.7. The van der Waals surface area contributed by atoms with Crippen molar-refractivity contribution < 1.29 is 4.79 Å². The molecule has 0 saturated heterocycles. The van der Waals surface area contributed by atoms with E-state index in [0.29, 0.717) is 6.42 Å². The van der Waals surface area contributed by atoms with E-state index in [1.54, 1.807) is 11.1 Å². The molecular formula is C12H19N3O. The third kappa shape index (κ3) is 4.40. The number of carbonyl (C=O) groups excluding carboxylic acids is 1. The van der Waals surface area contributed by atoms with Crippen molar-refractivity contribution in [3.05, 3.63) is 30.1 Å². The first-order valence-corrected chi connectivity index (χ1v) is 5.52. The molecule has 16 heavy (non-hydrogen) atoms. The molecule has 1 aromatic rings. The first kappa shape index (κ1) is 12.6. The standard InChI is InChI=1S/C12H19N3O/c1-13-7-5-9-15(2)12(16)10-11-6-3-4-8-14-11/h3-4,6,8,13H,5,7,9-10H2,1-2H3. The van der Waals surface area contributed by atoms with Gasteiger partial charge in [-0.15, -0.1) is 0 Å². The molecule has 0 aliphatic heterocycles. The van der Waals surface area contributed by atoms with Gasteiger partial charge in [0.15, 0.2) is 0 Å². The van der Waals surface area contributed by atoms with Crippen LogP contribution >= 0.6 is 0 Å². The maximum Gasteiger partial charge on any atom is 0.228 e. The molecule has 0 unspecified atom stereocenters. The molecule has 0 fully saturated rings. The molecule has 0 aromatic carbocycles. The fourth-order valence-electron chi connectivity index (χ4n) is 1.41. The molecule has 0 bridgehead atoms. The first-order valence-electron chi connectivity index (χ1n) is 5.52. The highest BCUT2D eigenvalue weighted by Gasteiger charge is 2.09. The fraction of sp³-hybridized carbons (Fsp3) is 0.500. The minimum Gasteiger partial charge on any atom is -0.345 e. The maximum atomic E-state index is 11.8. The van der Waals surface area contributed by atoms with Gasteiger partial charge >= 0.3 is 0 Å². The Bertz CT molecular complexity index is 313. The van der Waals surface area contributed by atoms with Crippen LogP contribution in [0.1, 0.15) is 12.1 Å². The van der Waals surface area contributed by atoms with Crippen molar-refractivity contribution in [2.45, 2.75) is 12.8 Å². The number of rotatable bonds is 6. The third-order valence-electron chi connectivity index (χ3n) is 2.40. The van der Waals surface area contributed by atoms with Crippen LogP contribution in [0.25, 0.3) is 0 Å². The van der Waals surface area contributed by atoms with Crippen LogP contribution in [0.4, 0.5) is 0 Å². The van der Waals surface area contributed by atoms with Crippen LogP contribution in [0, 0.1) is 0 Å². The zero-order valence-electron chi connectivity index (χ0n) is 9.94. The van der Waals surface area contributed by atoms with Crippen molar-refractivity contribution in [1.82, 2.24) is 15.2 Å². The molecule has 0 aliphatic carbocycles. The van der Waals surface area contributed by atoms with E-state index in [1.807, 2.05) is 32.3 Å². The maximum absolute atomic E-state index is 11.8. The number of pyridine rings is 1. The van der Waals surface area contributed by atoms with E-state index in [2.05, 4.69) is 10.3 Å². The van der Waals surface area contributed by atoms with Gasteiger partial charge in [0.1, 0.15) is 0 Å². The molecule has 0 saturated carbocycles. The van der Waals surface area contributed by atoms with Crippen molar-refractivity contribution in [3.63, 3.8) is 0 Å². The van der Waals surface area contributed by atoms with Crippen molar-refractivity contribution in [2.24, 2.45) is 0 Å². The number of nitrogens with one attached hydrogen (secondary N) is 1. The van der Waals surface area contributed by atoms with E-state index in [0.717, 1.165) is 25.2 Å². The number of amides is 1. The highest BCUT2D eigenvalue weighted by Crippen LogP contribution is 1.98. The molecule has 0 spiro atoms. The van der Waals surface area contributed by atoms with Crippen LogP contribution < -0.4 is 5.32 Å². The summed E-state index contributed by atoms with van der Waals surface area (Å²) in [7, 11) is 3.75. The number of hydrogen-bond donors (Lipinski definition) is 1. The van der Waals surface area contributed by atoms with E-state index in [-0.39, 0.29) is 5.91 Å². The van der Waals surface area contributed by atoms with Crippen molar-refractivity contribution in [2.75, 3.05) is 27.2 Å². The van der Waals surface area contributed by atoms with Crippen LogP contribution in [0.2, 0.25) is 0 Å². The normalized spacial score (nSPS) is 10.1. The molecule has 4 nitrogen and oxygen atoms in total. The van der Waals surface area contributed by atoms with Crippen LogP contribution in [0.5, 0.6) is 0 Å². The lowest BCUT2D eigenvalue weighted by Gasteiger charge is -2.16. The SMILES string of the molecule is CNCCCN(C)C(=O)Cc1ccccn1. The summed E-state index contributed by atoms with van der Waals surface area (Å²) < 4.78 is 0. The molecule has 1 N–H and O–H groups in total. The van der Waals surface area contributed by atoms with Crippen LogP contribution in [0.3, 0.4) is 0 Å². The van der Waals surface area contributed by atoms with E-state index < -0.39 is 0 Å². The number of carbonyl (C=O) groups is 1. The van der Waals surface area contributed by atoms with E-state index >= 15 is 0 Å². The smallest absolute Gasteiger partial charge is 0.228 e. The average Bonchev–Trinajstić information content (AvgIpc) is 2.30. The Hall–Kier alpha value is -1.42. The van der Waals surface area contributed by atoms with Crippen LogP contribution in [-0.4, -0.2) is 43.0 Å². The Morgan fingerprint density at radius 1 is 1.50 bits per heavy atom. The molecule has 88 valence electrons. The zero-order valence-corrected chi connectivity index (χ0v) is 9.94. The lowest BCUT2D eigenvalue weighted by Crippen LogP contribution is -2.30. The lowest BCUT2D eigenvalue weighted by molar-refractivity contribution is -0.129. The minimum atomic E-state index is 0.120. The molecule has 1 heterocycles. The highest BCUT2D eigenvalue weighted by atomic mass is 16.2. The largest absolute Gasteiger partial charge is 0.345 e. The summed E-state index contributed by atoms with van der Waals surface area (Å²) in [6.45, 7) is 1.72. The molecule has 0 aliphatic rings. The van der Waals surface area contributed by atoms with Crippen LogP contribution in [-0.2, 0) is 11.2 Å². The Labute approximate surface area is 96.7 Å². The quantitative estimate of drug-likeness (QED) is 0.719. The third-order valence-corrected chi connectivity index (χ3v) is 2.40. The summed E-state index contributed by atoms with van der Waals surface area (Å²) in [6, 6.07) is 5.63. The van der Waals surface area contributed by atoms with Gasteiger partial charge in [0.2, 0.25) is 5.91 Å². The van der Waals surface area contributed by atoms with Crippen molar-refractivity contribution >= 4 is 5.91 Å². The Morgan fingerprint density at radius 3 is 2.94 bits per heavy atom. The summed E-state index contributed by atoms with van der Waals surface area (Å²) in [5.41, 5.74) is 0.827. The number of hydrogen-bond acceptors (Lipinski definition) is 3. The van der Waals surface area contributed by atoms with Gasteiger partial charge < -0.3 is 10.2 Å². The summed E-state index contributed by atoms with van der Waals surface area (Å²) in [5, 5.41) is 3.06. The number of nitrogens with zero attached hydrogens (tertiary/aromatic N) is 2. The Morgan fingerprint density at radius 2 is 2.31 bits per heavy atom. The lowest BCUT2D eigenvalue weighted by atomic mass is 10.2. The number of aromatic nitrogens is 1. The second-order valence-electron chi connectivity index (χ2n) is 3.77. The van der Waals surface area contributed by atoms with E-state index in [1.165, 1.54) is 0 Å². The molecule has 0 radical (unpaired) electrons. The van der Waals surface area contributed by atoms with Gasteiger partial charge in [-0.1, -0.05) is 6.07 Å². The molecule has 4 heteroatoms. The topological polar surface area (TPSA) is 45.2 Å². The van der Waals surface area contributed by atoms with E-state index in [4.69, 9.17) is 0 Å². The molecule has 1 aromatic heterocycles. The second-order valence-corrected chi connectivity index (χ2v) is 3.77. The van der Waals surface area contributed by atoms with Gasteiger partial charge in [0.25, 0.3) is 0 Å². The molecule has 1 amide bonds. The number of likely N-dealkylation sites (N-methyl/N-ethyl adjacent to an activating group) is 1. The van der Waals surface area contributed by atoms with Gasteiger partial charge in [-0.3, -0.25) is 9.78 Å². The van der Waals surface area contributed by atoms with Gasteiger partial charge in [0.05, 0.1) is 6.42 Å². The van der Waals surface area contributed by atoms with Crippen LogP contribution in [0.15, 0.2) is 24.4 Å². The first-order chi connectivity index (χ1) is 7.74. The van der Waals surface area contributed by atoms with Crippen molar-refractivity contribution in [1.29, 1.82) is 0 Å². The zero-order chi connectivity index (χ0) is 11.8. The average molecular weight is 221 g/mol. The predicted molar refractivity (Wildman–Crippen MR) is 64.1 cm³/mol. The van der Waals surface area contributed by atoms with Gasteiger partial charge in [0, 0.05) is 25.5 Å². The van der Waals surface area contributed by atoms with Crippen molar-refractivity contribution in [3.8, 4) is 0 Å².